The van der Waals surface area contributed by atoms with Crippen molar-refractivity contribution >= 4 is 0 Å². The molecule has 2 N–H and O–H groups in total. The number of hydrogen-bond acceptors (Lipinski definition) is 5. The molecule has 6 nitrogen and oxygen atoms in total. The van der Waals surface area contributed by atoms with E-state index in [4.69, 9.17) is 15.2 Å². The highest BCUT2D eigenvalue weighted by Gasteiger charge is 2.16. The van der Waals surface area contributed by atoms with Crippen LogP contribution in [0.2, 0.25) is 0 Å². The quantitative estimate of drug-likeness (QED) is 0.901. The Morgan fingerprint density at radius 2 is 2.20 bits per heavy atom. The van der Waals surface area contributed by atoms with Gasteiger partial charge in [0, 0.05) is 25.0 Å². The molecule has 1 aromatic heterocycles. The van der Waals surface area contributed by atoms with Gasteiger partial charge in [-0.05, 0) is 30.2 Å². The monoisotopic (exact) mass is 273 g/mol. The number of aryl methyl sites for hydroxylation is 1. The molecule has 0 aliphatic carbocycles. The Bertz CT molecular complexity index is 696. The van der Waals surface area contributed by atoms with Crippen molar-refractivity contribution < 1.29 is 9.47 Å². The maximum absolute atomic E-state index is 11.7. The lowest BCUT2D eigenvalue weighted by atomic mass is 10.1. The fourth-order valence-electron chi connectivity index (χ4n) is 2.16. The minimum Gasteiger partial charge on any atom is -0.454 e. The fraction of sp³-hybridized carbons (Fsp3) is 0.286. The Hall–Kier alpha value is -2.34. The molecule has 3 rings (SSSR count). The van der Waals surface area contributed by atoms with Crippen molar-refractivity contribution in [3.05, 3.63) is 52.2 Å². The van der Waals surface area contributed by atoms with Crippen LogP contribution in [0.4, 0.5) is 0 Å². The molecular formula is C14H15N3O3. The van der Waals surface area contributed by atoms with Crippen LogP contribution in [0.3, 0.4) is 0 Å². The van der Waals surface area contributed by atoms with E-state index in [1.807, 2.05) is 25.1 Å². The molecule has 1 unspecified atom stereocenters. The minimum absolute atomic E-state index is 0.231. The Morgan fingerprint density at radius 3 is 3.05 bits per heavy atom. The number of ether oxygens (including phenoxy) is 2. The molecule has 0 amide bonds. The topological polar surface area (TPSA) is 79.4 Å². The molecule has 1 aliphatic heterocycles. The van der Waals surface area contributed by atoms with E-state index in [-0.39, 0.29) is 18.5 Å². The predicted molar refractivity (Wildman–Crippen MR) is 72.7 cm³/mol. The first-order valence-electron chi connectivity index (χ1n) is 6.32. The SMILES string of the molecule is Cc1cnc(=O)n(CC(N)c2ccc3c(c2)OCO3)c1. The smallest absolute Gasteiger partial charge is 0.347 e. The van der Waals surface area contributed by atoms with Gasteiger partial charge in [0.15, 0.2) is 11.5 Å². The summed E-state index contributed by atoms with van der Waals surface area (Å²) in [5.41, 5.74) is 7.67. The van der Waals surface area contributed by atoms with Gasteiger partial charge < -0.3 is 15.2 Å². The molecule has 0 bridgehead atoms. The van der Waals surface area contributed by atoms with Crippen LogP contribution in [-0.2, 0) is 6.54 Å². The summed E-state index contributed by atoms with van der Waals surface area (Å²) in [6.45, 7) is 2.48. The standard InChI is InChI=1S/C14H15N3O3/c1-9-5-16-14(18)17(6-9)7-11(15)10-2-3-12-13(4-10)20-8-19-12/h2-6,11H,7-8,15H2,1H3. The summed E-state index contributed by atoms with van der Waals surface area (Å²) in [5, 5.41) is 0. The van der Waals surface area contributed by atoms with Crippen molar-refractivity contribution in [2.75, 3.05) is 6.79 Å². The second-order valence-electron chi connectivity index (χ2n) is 4.79. The van der Waals surface area contributed by atoms with Gasteiger partial charge in [-0.2, -0.15) is 0 Å². The van der Waals surface area contributed by atoms with Crippen LogP contribution in [-0.4, -0.2) is 16.3 Å². The third-order valence-electron chi connectivity index (χ3n) is 3.20. The van der Waals surface area contributed by atoms with Crippen molar-refractivity contribution in [1.82, 2.24) is 9.55 Å². The van der Waals surface area contributed by atoms with Crippen molar-refractivity contribution in [2.45, 2.75) is 19.5 Å². The van der Waals surface area contributed by atoms with Crippen LogP contribution in [0.5, 0.6) is 11.5 Å². The molecule has 2 heterocycles. The first-order chi connectivity index (χ1) is 9.63. The van der Waals surface area contributed by atoms with Crippen molar-refractivity contribution in [3.8, 4) is 11.5 Å². The maximum Gasteiger partial charge on any atom is 0.347 e. The Balaban J connectivity index is 1.84. The molecular weight excluding hydrogens is 258 g/mol. The van der Waals surface area contributed by atoms with E-state index in [2.05, 4.69) is 4.98 Å². The third-order valence-corrected chi connectivity index (χ3v) is 3.20. The zero-order chi connectivity index (χ0) is 14.1. The van der Waals surface area contributed by atoms with Gasteiger partial charge in [-0.1, -0.05) is 6.07 Å². The van der Waals surface area contributed by atoms with Gasteiger partial charge in [0.2, 0.25) is 6.79 Å². The molecule has 6 heteroatoms. The maximum atomic E-state index is 11.7. The van der Waals surface area contributed by atoms with E-state index in [1.165, 1.54) is 4.57 Å². The molecule has 0 fully saturated rings. The summed E-state index contributed by atoms with van der Waals surface area (Å²) in [6, 6.07) is 5.24. The summed E-state index contributed by atoms with van der Waals surface area (Å²) >= 11 is 0. The van der Waals surface area contributed by atoms with Gasteiger partial charge in [0.1, 0.15) is 0 Å². The molecule has 1 atom stereocenters. The molecule has 0 saturated carbocycles. The minimum atomic E-state index is -0.314. The fourth-order valence-corrected chi connectivity index (χ4v) is 2.16. The summed E-state index contributed by atoms with van der Waals surface area (Å²) in [4.78, 5) is 15.5. The highest BCUT2D eigenvalue weighted by Crippen LogP contribution is 2.33. The average molecular weight is 273 g/mol. The van der Waals surface area contributed by atoms with E-state index in [0.717, 1.165) is 16.9 Å². The van der Waals surface area contributed by atoms with E-state index < -0.39 is 0 Å². The number of fused-ring (bicyclic) bond motifs is 1. The molecule has 0 radical (unpaired) electrons. The second kappa shape index (κ2) is 4.97. The summed E-state index contributed by atoms with van der Waals surface area (Å²) in [6.07, 6.45) is 3.30. The molecule has 1 aromatic carbocycles. The predicted octanol–water partition coefficient (Wildman–Crippen LogP) is 0.980. The largest absolute Gasteiger partial charge is 0.454 e. The van der Waals surface area contributed by atoms with E-state index in [0.29, 0.717) is 12.3 Å². The van der Waals surface area contributed by atoms with Crippen LogP contribution < -0.4 is 20.9 Å². The molecule has 2 aromatic rings. The van der Waals surface area contributed by atoms with Gasteiger partial charge in [-0.3, -0.25) is 4.57 Å². The zero-order valence-corrected chi connectivity index (χ0v) is 11.1. The first-order valence-corrected chi connectivity index (χ1v) is 6.32. The first kappa shape index (κ1) is 12.7. The third kappa shape index (κ3) is 2.37. The van der Waals surface area contributed by atoms with Crippen molar-refractivity contribution in [3.63, 3.8) is 0 Å². The summed E-state index contributed by atoms with van der Waals surface area (Å²) in [5.74, 6) is 1.41. The van der Waals surface area contributed by atoms with Crippen molar-refractivity contribution in [2.24, 2.45) is 5.73 Å². The lowest BCUT2D eigenvalue weighted by molar-refractivity contribution is 0.174. The lowest BCUT2D eigenvalue weighted by Gasteiger charge is -2.14. The molecule has 104 valence electrons. The van der Waals surface area contributed by atoms with Crippen LogP contribution in [0.1, 0.15) is 17.2 Å². The summed E-state index contributed by atoms with van der Waals surface area (Å²) in [7, 11) is 0. The molecule has 0 saturated heterocycles. The van der Waals surface area contributed by atoms with Crippen LogP contribution in [0.15, 0.2) is 35.4 Å². The number of benzene rings is 1. The molecule has 0 spiro atoms. The summed E-state index contributed by atoms with van der Waals surface area (Å²) < 4.78 is 12.1. The van der Waals surface area contributed by atoms with Gasteiger partial charge in [0.25, 0.3) is 0 Å². The molecule has 1 aliphatic rings. The number of aromatic nitrogens is 2. The number of hydrogen-bond donors (Lipinski definition) is 1. The number of rotatable bonds is 3. The number of nitrogens with zero attached hydrogens (tertiary/aromatic N) is 2. The van der Waals surface area contributed by atoms with Crippen LogP contribution in [0, 0.1) is 6.92 Å². The van der Waals surface area contributed by atoms with Gasteiger partial charge in [-0.25, -0.2) is 9.78 Å². The van der Waals surface area contributed by atoms with Crippen LogP contribution >= 0.6 is 0 Å². The Labute approximate surface area is 115 Å². The normalized spacial score (nSPS) is 14.3. The average Bonchev–Trinajstić information content (AvgIpc) is 2.90. The van der Waals surface area contributed by atoms with Crippen molar-refractivity contribution in [1.29, 1.82) is 0 Å². The highest BCUT2D eigenvalue weighted by atomic mass is 16.7. The number of nitrogens with two attached hydrogens (primary N) is 1. The van der Waals surface area contributed by atoms with Gasteiger partial charge >= 0.3 is 5.69 Å². The molecule has 20 heavy (non-hydrogen) atoms. The Morgan fingerprint density at radius 1 is 1.40 bits per heavy atom. The van der Waals surface area contributed by atoms with Gasteiger partial charge in [0.05, 0.1) is 0 Å². The Kier molecular flexibility index (Phi) is 3.15. The second-order valence-corrected chi connectivity index (χ2v) is 4.79. The van der Waals surface area contributed by atoms with E-state index >= 15 is 0 Å². The zero-order valence-electron chi connectivity index (χ0n) is 11.1. The van der Waals surface area contributed by atoms with Gasteiger partial charge in [-0.15, -0.1) is 0 Å². The lowest BCUT2D eigenvalue weighted by Crippen LogP contribution is -2.28. The van der Waals surface area contributed by atoms with E-state index in [1.54, 1.807) is 12.4 Å². The van der Waals surface area contributed by atoms with E-state index in [9.17, 15) is 4.79 Å². The highest BCUT2D eigenvalue weighted by molar-refractivity contribution is 5.45. The van der Waals surface area contributed by atoms with Crippen LogP contribution in [0.25, 0.3) is 0 Å².